The van der Waals surface area contributed by atoms with Crippen molar-refractivity contribution in [1.29, 1.82) is 0 Å². The molecule has 1 aliphatic rings. The zero-order chi connectivity index (χ0) is 18.1. The van der Waals surface area contributed by atoms with Gasteiger partial charge in [-0.15, -0.1) is 0 Å². The monoisotopic (exact) mass is 344 g/mol. The van der Waals surface area contributed by atoms with Gasteiger partial charge in [-0.25, -0.2) is 0 Å². The molecule has 0 bridgehead atoms. The fourth-order valence-corrected chi connectivity index (χ4v) is 2.90. The number of para-hydroxylation sites is 1. The Morgan fingerprint density at radius 2 is 2.04 bits per heavy atom. The summed E-state index contributed by atoms with van der Waals surface area (Å²) in [5.74, 6) is -2.09. The predicted octanol–water partition coefficient (Wildman–Crippen LogP) is 2.46. The second-order valence-corrected chi connectivity index (χ2v) is 5.99. The number of carbonyl (C=O) groups is 2. The number of aliphatic carboxylic acids is 1. The lowest BCUT2D eigenvalue weighted by molar-refractivity contribution is -0.142. The van der Waals surface area contributed by atoms with Crippen LogP contribution in [0.25, 0.3) is 0 Å². The highest BCUT2D eigenvalue weighted by molar-refractivity contribution is 6.00. The van der Waals surface area contributed by atoms with Gasteiger partial charge in [0.25, 0.3) is 0 Å². The molecule has 2 rings (SSSR count). The Balaban J connectivity index is 2.19. The van der Waals surface area contributed by atoms with Gasteiger partial charge in [0.05, 0.1) is 23.2 Å². The van der Waals surface area contributed by atoms with Gasteiger partial charge < -0.3 is 10.0 Å². The maximum atomic E-state index is 13.1. The Labute approximate surface area is 137 Å². The van der Waals surface area contributed by atoms with Crippen LogP contribution in [0.3, 0.4) is 0 Å². The highest BCUT2D eigenvalue weighted by Gasteiger charge is 2.41. The number of anilines is 1. The van der Waals surface area contributed by atoms with Crippen molar-refractivity contribution in [3.8, 4) is 0 Å². The van der Waals surface area contributed by atoms with Crippen LogP contribution in [0.5, 0.6) is 0 Å². The largest absolute Gasteiger partial charge is 0.481 e. The van der Waals surface area contributed by atoms with Gasteiger partial charge in [-0.2, -0.15) is 13.2 Å². The summed E-state index contributed by atoms with van der Waals surface area (Å²) in [6, 6.07) is 4.36. The van der Waals surface area contributed by atoms with Crippen LogP contribution in [0.1, 0.15) is 18.9 Å². The average molecular weight is 344 g/mol. The first-order valence-electron chi connectivity index (χ1n) is 7.53. The molecule has 8 heteroatoms. The van der Waals surface area contributed by atoms with Crippen molar-refractivity contribution in [3.63, 3.8) is 0 Å². The van der Waals surface area contributed by atoms with Crippen LogP contribution in [-0.2, 0) is 15.8 Å². The van der Waals surface area contributed by atoms with E-state index in [1.807, 2.05) is 0 Å². The third-order valence-corrected chi connectivity index (χ3v) is 4.19. The Morgan fingerprint density at radius 3 is 2.62 bits per heavy atom. The number of carboxylic acids is 1. The minimum absolute atomic E-state index is 0.153. The SMILES string of the molecule is CC(CN(C)C1CCN(c2ccccc2C(F)(F)F)C1=O)C(=O)O. The number of benzene rings is 1. The molecular weight excluding hydrogens is 325 g/mol. The summed E-state index contributed by atoms with van der Waals surface area (Å²) in [5, 5.41) is 8.95. The zero-order valence-electron chi connectivity index (χ0n) is 13.4. The van der Waals surface area contributed by atoms with Crippen molar-refractivity contribution < 1.29 is 27.9 Å². The molecule has 1 heterocycles. The van der Waals surface area contributed by atoms with Crippen molar-refractivity contribution in [2.45, 2.75) is 25.6 Å². The maximum Gasteiger partial charge on any atom is 0.418 e. The smallest absolute Gasteiger partial charge is 0.418 e. The molecule has 0 spiro atoms. The van der Waals surface area contributed by atoms with Gasteiger partial charge in [-0.05, 0) is 25.6 Å². The number of carboxylic acid groups (broad SMARTS) is 1. The van der Waals surface area contributed by atoms with Crippen LogP contribution in [-0.4, -0.2) is 48.1 Å². The normalized spacial score (nSPS) is 19.8. The Hall–Kier alpha value is -2.09. The summed E-state index contributed by atoms with van der Waals surface area (Å²) in [7, 11) is 1.61. The molecule has 1 aromatic carbocycles. The standard InChI is InChI=1S/C16H19F3N2O3/c1-10(15(23)24)9-20(2)13-7-8-21(14(13)22)12-6-4-3-5-11(12)16(17,18)19/h3-6,10,13H,7-9H2,1-2H3,(H,23,24). The van der Waals surface area contributed by atoms with Gasteiger partial charge in [0.2, 0.25) is 5.91 Å². The Bertz CT molecular complexity index is 633. The third-order valence-electron chi connectivity index (χ3n) is 4.19. The second-order valence-electron chi connectivity index (χ2n) is 5.99. The molecule has 1 aromatic rings. The number of amides is 1. The second kappa shape index (κ2) is 6.80. The number of likely N-dealkylation sites (N-methyl/N-ethyl adjacent to an activating group) is 1. The van der Waals surface area contributed by atoms with E-state index < -0.39 is 35.6 Å². The van der Waals surface area contributed by atoms with Gasteiger partial charge >= 0.3 is 12.1 Å². The first-order chi connectivity index (χ1) is 11.1. The lowest BCUT2D eigenvalue weighted by Crippen LogP contribution is -2.42. The molecule has 0 saturated carbocycles. The summed E-state index contributed by atoms with van der Waals surface area (Å²) in [6.07, 6.45) is -4.19. The molecule has 1 amide bonds. The van der Waals surface area contributed by atoms with Gasteiger partial charge in [0.1, 0.15) is 0 Å². The van der Waals surface area contributed by atoms with Crippen LogP contribution < -0.4 is 4.90 Å². The quantitative estimate of drug-likeness (QED) is 0.891. The molecule has 1 aliphatic heterocycles. The molecule has 2 unspecified atom stereocenters. The Kier molecular flexibility index (Phi) is 5.17. The van der Waals surface area contributed by atoms with Crippen molar-refractivity contribution in [2.75, 3.05) is 25.0 Å². The van der Waals surface area contributed by atoms with Gasteiger partial charge in [0, 0.05) is 13.1 Å². The number of halogens is 3. The Morgan fingerprint density at radius 1 is 1.42 bits per heavy atom. The van der Waals surface area contributed by atoms with Crippen LogP contribution in [0, 0.1) is 5.92 Å². The molecule has 5 nitrogen and oxygen atoms in total. The van der Waals surface area contributed by atoms with E-state index in [1.165, 1.54) is 25.1 Å². The molecule has 1 fully saturated rings. The molecular formula is C16H19F3N2O3. The summed E-state index contributed by atoms with van der Waals surface area (Å²) in [5.41, 5.74) is -1.00. The minimum atomic E-state index is -4.54. The number of rotatable bonds is 5. The van der Waals surface area contributed by atoms with E-state index in [0.29, 0.717) is 6.42 Å². The van der Waals surface area contributed by atoms with E-state index in [1.54, 1.807) is 11.9 Å². The molecule has 132 valence electrons. The number of hydrogen-bond acceptors (Lipinski definition) is 3. The fourth-order valence-electron chi connectivity index (χ4n) is 2.90. The molecule has 1 N–H and O–H groups in total. The predicted molar refractivity (Wildman–Crippen MR) is 81.6 cm³/mol. The number of hydrogen-bond donors (Lipinski definition) is 1. The minimum Gasteiger partial charge on any atom is -0.481 e. The van der Waals surface area contributed by atoms with E-state index >= 15 is 0 Å². The number of nitrogens with zero attached hydrogens (tertiary/aromatic N) is 2. The van der Waals surface area contributed by atoms with Crippen molar-refractivity contribution in [3.05, 3.63) is 29.8 Å². The van der Waals surface area contributed by atoms with E-state index in [-0.39, 0.29) is 18.8 Å². The summed E-state index contributed by atoms with van der Waals surface area (Å²) >= 11 is 0. The highest BCUT2D eigenvalue weighted by atomic mass is 19.4. The first kappa shape index (κ1) is 18.3. The lowest BCUT2D eigenvalue weighted by Gasteiger charge is -2.26. The summed E-state index contributed by atoms with van der Waals surface area (Å²) in [6.45, 7) is 1.85. The van der Waals surface area contributed by atoms with E-state index in [4.69, 9.17) is 5.11 Å². The highest BCUT2D eigenvalue weighted by Crippen LogP contribution is 2.38. The van der Waals surface area contributed by atoms with Gasteiger partial charge in [-0.1, -0.05) is 19.1 Å². The van der Waals surface area contributed by atoms with Crippen LogP contribution >= 0.6 is 0 Å². The van der Waals surface area contributed by atoms with Crippen LogP contribution in [0.4, 0.5) is 18.9 Å². The molecule has 0 aliphatic carbocycles. The van der Waals surface area contributed by atoms with E-state index in [2.05, 4.69) is 0 Å². The van der Waals surface area contributed by atoms with E-state index in [9.17, 15) is 22.8 Å². The third kappa shape index (κ3) is 3.69. The number of carbonyl (C=O) groups excluding carboxylic acids is 1. The molecule has 0 radical (unpaired) electrons. The fraction of sp³-hybridized carbons (Fsp3) is 0.500. The maximum absolute atomic E-state index is 13.1. The molecule has 0 aromatic heterocycles. The van der Waals surface area contributed by atoms with E-state index in [0.717, 1.165) is 11.0 Å². The average Bonchev–Trinajstić information content (AvgIpc) is 2.87. The summed E-state index contributed by atoms with van der Waals surface area (Å²) in [4.78, 5) is 26.2. The first-order valence-corrected chi connectivity index (χ1v) is 7.53. The molecule has 24 heavy (non-hydrogen) atoms. The molecule has 2 atom stereocenters. The molecule has 1 saturated heterocycles. The van der Waals surface area contributed by atoms with Crippen molar-refractivity contribution >= 4 is 17.6 Å². The van der Waals surface area contributed by atoms with Crippen molar-refractivity contribution in [1.82, 2.24) is 4.90 Å². The van der Waals surface area contributed by atoms with Crippen molar-refractivity contribution in [2.24, 2.45) is 5.92 Å². The van der Waals surface area contributed by atoms with Gasteiger partial charge in [0.15, 0.2) is 0 Å². The number of alkyl halides is 3. The van der Waals surface area contributed by atoms with Crippen LogP contribution in [0.15, 0.2) is 24.3 Å². The topological polar surface area (TPSA) is 60.9 Å². The lowest BCUT2D eigenvalue weighted by atomic mass is 10.1. The summed E-state index contributed by atoms with van der Waals surface area (Å²) < 4.78 is 39.4. The zero-order valence-corrected chi connectivity index (χ0v) is 13.4. The van der Waals surface area contributed by atoms with Crippen LogP contribution in [0.2, 0.25) is 0 Å². The van der Waals surface area contributed by atoms with Gasteiger partial charge in [-0.3, -0.25) is 14.5 Å².